The highest BCUT2D eigenvalue weighted by atomic mass is 16.5. The first-order valence-corrected chi connectivity index (χ1v) is 6.07. The van der Waals surface area contributed by atoms with Gasteiger partial charge in [-0.25, -0.2) is 0 Å². The van der Waals surface area contributed by atoms with Gasteiger partial charge in [-0.05, 0) is 13.5 Å². The molecule has 0 aromatic rings. The summed E-state index contributed by atoms with van der Waals surface area (Å²) < 4.78 is 5.62. The third kappa shape index (κ3) is 4.92. The van der Waals surface area contributed by atoms with Gasteiger partial charge in [-0.3, -0.25) is 9.69 Å². The summed E-state index contributed by atoms with van der Waals surface area (Å²) in [5.74, 6) is 0.0909. The third-order valence-electron chi connectivity index (χ3n) is 2.65. The van der Waals surface area contributed by atoms with Crippen LogP contribution in [0, 0.1) is 0 Å². The van der Waals surface area contributed by atoms with Crippen molar-refractivity contribution in [3.8, 4) is 0 Å². The molecule has 1 unspecified atom stereocenters. The van der Waals surface area contributed by atoms with Gasteiger partial charge in [0.2, 0.25) is 5.91 Å². The van der Waals surface area contributed by atoms with Crippen molar-refractivity contribution in [2.45, 2.75) is 20.0 Å². The fraction of sp³-hybridized carbons (Fsp3) is 0.909. The number of carbonyl (C=O) groups is 1. The summed E-state index contributed by atoms with van der Waals surface area (Å²) in [7, 11) is 0. The smallest absolute Gasteiger partial charge is 0.234 e. The molecule has 1 aliphatic heterocycles. The summed E-state index contributed by atoms with van der Waals surface area (Å²) >= 11 is 0. The highest BCUT2D eigenvalue weighted by molar-refractivity contribution is 5.77. The van der Waals surface area contributed by atoms with Crippen molar-refractivity contribution in [1.29, 1.82) is 0 Å². The first-order chi connectivity index (χ1) is 7.76. The Morgan fingerprint density at radius 1 is 1.56 bits per heavy atom. The van der Waals surface area contributed by atoms with Gasteiger partial charge in [-0.1, -0.05) is 6.92 Å². The Hall–Kier alpha value is -0.650. The van der Waals surface area contributed by atoms with E-state index in [9.17, 15) is 4.79 Å². The topological polar surface area (TPSA) is 53.6 Å². The molecular formula is C11H23N3O2. The lowest BCUT2D eigenvalue weighted by atomic mass is 10.2. The molecule has 1 fully saturated rings. The molecule has 2 N–H and O–H groups in total. The molecule has 1 rings (SSSR count). The Labute approximate surface area is 97.5 Å². The monoisotopic (exact) mass is 229 g/mol. The van der Waals surface area contributed by atoms with Crippen molar-refractivity contribution in [1.82, 2.24) is 15.5 Å². The van der Waals surface area contributed by atoms with Gasteiger partial charge in [0, 0.05) is 26.2 Å². The fourth-order valence-corrected chi connectivity index (χ4v) is 1.79. The lowest BCUT2D eigenvalue weighted by Crippen LogP contribution is -2.47. The van der Waals surface area contributed by atoms with Crippen molar-refractivity contribution < 1.29 is 9.53 Å². The van der Waals surface area contributed by atoms with Gasteiger partial charge in [0.1, 0.15) is 0 Å². The summed E-state index contributed by atoms with van der Waals surface area (Å²) in [5.41, 5.74) is 0. The van der Waals surface area contributed by atoms with Crippen LogP contribution in [0.4, 0.5) is 0 Å². The SMILES string of the molecule is CCNC(=O)CN(CC)CC1CNCCO1. The van der Waals surface area contributed by atoms with Gasteiger partial charge in [0.25, 0.3) is 0 Å². The van der Waals surface area contributed by atoms with Crippen molar-refractivity contribution in [3.05, 3.63) is 0 Å². The van der Waals surface area contributed by atoms with Crippen LogP contribution in [-0.4, -0.2) is 62.8 Å². The Morgan fingerprint density at radius 2 is 2.38 bits per heavy atom. The van der Waals surface area contributed by atoms with E-state index in [1.165, 1.54) is 0 Å². The number of amides is 1. The van der Waals surface area contributed by atoms with E-state index in [2.05, 4.69) is 22.5 Å². The number of hydrogen-bond acceptors (Lipinski definition) is 4. The first-order valence-electron chi connectivity index (χ1n) is 6.07. The third-order valence-corrected chi connectivity index (χ3v) is 2.65. The minimum Gasteiger partial charge on any atom is -0.374 e. The Balaban J connectivity index is 2.27. The summed E-state index contributed by atoms with van der Waals surface area (Å²) in [5, 5.41) is 6.10. The molecule has 1 heterocycles. The molecule has 5 heteroatoms. The van der Waals surface area contributed by atoms with Crippen LogP contribution in [0.3, 0.4) is 0 Å². The molecular weight excluding hydrogens is 206 g/mol. The normalized spacial score (nSPS) is 21.1. The van der Waals surface area contributed by atoms with E-state index in [1.54, 1.807) is 0 Å². The standard InChI is InChI=1S/C11H23N3O2/c1-3-13-11(15)9-14(4-2)8-10-7-12-5-6-16-10/h10,12H,3-9H2,1-2H3,(H,13,15). The Bertz CT molecular complexity index is 205. The fourth-order valence-electron chi connectivity index (χ4n) is 1.79. The van der Waals surface area contributed by atoms with Crippen LogP contribution in [0.2, 0.25) is 0 Å². The molecule has 0 saturated carbocycles. The van der Waals surface area contributed by atoms with Crippen LogP contribution in [0.25, 0.3) is 0 Å². The molecule has 1 aliphatic rings. The van der Waals surface area contributed by atoms with Crippen LogP contribution in [0.15, 0.2) is 0 Å². The molecule has 1 saturated heterocycles. The van der Waals surface area contributed by atoms with Gasteiger partial charge < -0.3 is 15.4 Å². The van der Waals surface area contributed by atoms with Gasteiger partial charge in [0.15, 0.2) is 0 Å². The zero-order valence-corrected chi connectivity index (χ0v) is 10.3. The average Bonchev–Trinajstić information content (AvgIpc) is 2.30. The minimum absolute atomic E-state index is 0.0909. The number of hydrogen-bond donors (Lipinski definition) is 2. The largest absolute Gasteiger partial charge is 0.374 e. The summed E-state index contributed by atoms with van der Waals surface area (Å²) in [6.07, 6.45) is 0.211. The first kappa shape index (κ1) is 13.4. The van der Waals surface area contributed by atoms with Crippen LogP contribution in [-0.2, 0) is 9.53 Å². The quantitative estimate of drug-likeness (QED) is 0.640. The number of carbonyl (C=O) groups excluding carboxylic acids is 1. The molecule has 0 bridgehead atoms. The van der Waals surface area contributed by atoms with Gasteiger partial charge >= 0.3 is 0 Å². The highest BCUT2D eigenvalue weighted by Gasteiger charge is 2.17. The second kappa shape index (κ2) is 7.60. The molecule has 16 heavy (non-hydrogen) atoms. The maximum Gasteiger partial charge on any atom is 0.234 e. The van der Waals surface area contributed by atoms with Crippen molar-refractivity contribution >= 4 is 5.91 Å². The Kier molecular flexibility index (Phi) is 6.37. The number of ether oxygens (including phenoxy) is 1. The van der Waals surface area contributed by atoms with Gasteiger partial charge in [0.05, 0.1) is 19.3 Å². The minimum atomic E-state index is 0.0909. The van der Waals surface area contributed by atoms with Crippen molar-refractivity contribution in [3.63, 3.8) is 0 Å². The maximum absolute atomic E-state index is 11.4. The maximum atomic E-state index is 11.4. The average molecular weight is 229 g/mol. The predicted molar refractivity (Wildman–Crippen MR) is 63.4 cm³/mol. The molecule has 0 aromatic heterocycles. The van der Waals surface area contributed by atoms with Crippen molar-refractivity contribution in [2.75, 3.05) is 45.9 Å². The molecule has 0 aromatic carbocycles. The number of nitrogens with one attached hydrogen (secondary N) is 2. The van der Waals surface area contributed by atoms with Crippen molar-refractivity contribution in [2.24, 2.45) is 0 Å². The van der Waals surface area contributed by atoms with E-state index in [4.69, 9.17) is 4.74 Å². The zero-order valence-electron chi connectivity index (χ0n) is 10.3. The Morgan fingerprint density at radius 3 is 2.94 bits per heavy atom. The lowest BCUT2D eigenvalue weighted by Gasteiger charge is -2.29. The predicted octanol–water partition coefficient (Wildman–Crippen LogP) is -0.567. The van der Waals surface area contributed by atoms with Crippen LogP contribution < -0.4 is 10.6 Å². The molecule has 94 valence electrons. The summed E-state index contributed by atoms with van der Waals surface area (Å²) in [4.78, 5) is 13.6. The molecule has 0 aliphatic carbocycles. The van der Waals surface area contributed by atoms with Gasteiger partial charge in [-0.2, -0.15) is 0 Å². The van der Waals surface area contributed by atoms with Gasteiger partial charge in [-0.15, -0.1) is 0 Å². The number of morpholine rings is 1. The lowest BCUT2D eigenvalue weighted by molar-refractivity contribution is -0.122. The second-order valence-electron chi connectivity index (χ2n) is 3.98. The summed E-state index contributed by atoms with van der Waals surface area (Å²) in [6, 6.07) is 0. The number of likely N-dealkylation sites (N-methyl/N-ethyl adjacent to an activating group) is 2. The zero-order chi connectivity index (χ0) is 11.8. The molecule has 1 atom stereocenters. The second-order valence-corrected chi connectivity index (χ2v) is 3.98. The van der Waals surface area contributed by atoms with E-state index >= 15 is 0 Å². The van der Waals surface area contributed by atoms with Crippen LogP contribution in [0.5, 0.6) is 0 Å². The molecule has 5 nitrogen and oxygen atoms in total. The van der Waals surface area contributed by atoms with E-state index in [-0.39, 0.29) is 12.0 Å². The molecule has 0 spiro atoms. The molecule has 0 radical (unpaired) electrons. The van der Waals surface area contributed by atoms with E-state index in [0.29, 0.717) is 13.1 Å². The van der Waals surface area contributed by atoms with Crippen LogP contribution in [0.1, 0.15) is 13.8 Å². The number of nitrogens with zero attached hydrogens (tertiary/aromatic N) is 1. The van der Waals surface area contributed by atoms with E-state index in [1.807, 2.05) is 6.92 Å². The van der Waals surface area contributed by atoms with Crippen LogP contribution >= 0.6 is 0 Å². The molecule has 1 amide bonds. The van der Waals surface area contributed by atoms with E-state index in [0.717, 1.165) is 32.8 Å². The highest BCUT2D eigenvalue weighted by Crippen LogP contribution is 1.99. The van der Waals surface area contributed by atoms with E-state index < -0.39 is 0 Å². The number of rotatable bonds is 6. The summed E-state index contributed by atoms with van der Waals surface area (Å²) in [6.45, 7) is 9.42.